The predicted octanol–water partition coefficient (Wildman–Crippen LogP) is 3.78. The van der Waals surface area contributed by atoms with Gasteiger partial charge >= 0.3 is 5.97 Å². The van der Waals surface area contributed by atoms with E-state index in [-0.39, 0.29) is 37.2 Å². The first-order valence-electron chi connectivity index (χ1n) is 9.93. The number of carbonyl (C=O) groups excluding carboxylic acids is 2. The minimum Gasteiger partial charge on any atom is -0.340 e. The van der Waals surface area contributed by atoms with Gasteiger partial charge in [-0.05, 0) is 48.8 Å². The van der Waals surface area contributed by atoms with Gasteiger partial charge in [0.25, 0.3) is 5.91 Å². The van der Waals surface area contributed by atoms with E-state index in [4.69, 9.17) is 10.6 Å². The molecule has 1 amide bonds. The van der Waals surface area contributed by atoms with Crippen molar-refractivity contribution in [2.75, 3.05) is 6.54 Å². The maximum absolute atomic E-state index is 11.9. The Hall–Kier alpha value is -2.37. The number of halogens is 1. The van der Waals surface area contributed by atoms with Crippen LogP contribution in [0.25, 0.3) is 0 Å². The molecule has 29 heavy (non-hydrogen) atoms. The molecule has 0 heterocycles. The lowest BCUT2D eigenvalue weighted by Crippen LogP contribution is -2.34. The van der Waals surface area contributed by atoms with Crippen molar-refractivity contribution < 1.29 is 14.4 Å². The topological polar surface area (TPSA) is 81.4 Å². The van der Waals surface area contributed by atoms with Crippen molar-refractivity contribution in [3.8, 4) is 0 Å². The zero-order valence-corrected chi connectivity index (χ0v) is 17.8. The zero-order chi connectivity index (χ0) is 20.2. The molecule has 0 aliphatic carbocycles. The molecule has 0 saturated carbocycles. The highest BCUT2D eigenvalue weighted by molar-refractivity contribution is 5.85. The number of nitrogens with one attached hydrogen (secondary N) is 1. The van der Waals surface area contributed by atoms with E-state index in [9.17, 15) is 9.59 Å². The molecule has 0 aliphatic heterocycles. The first kappa shape index (κ1) is 24.7. The van der Waals surface area contributed by atoms with Gasteiger partial charge in [-0.2, -0.15) is 5.48 Å². The average Bonchev–Trinajstić information content (AvgIpc) is 2.72. The Morgan fingerprint density at radius 3 is 2.03 bits per heavy atom. The Balaban J connectivity index is 0.00000420. The second-order valence-electron chi connectivity index (χ2n) is 6.97. The van der Waals surface area contributed by atoms with Crippen LogP contribution < -0.4 is 11.2 Å². The maximum atomic E-state index is 11.9. The highest BCUT2D eigenvalue weighted by atomic mass is 35.5. The Morgan fingerprint density at radius 1 is 0.931 bits per heavy atom. The molecule has 0 spiro atoms. The molecular weight excluding hydrogens is 388 g/mol. The maximum Gasteiger partial charge on any atom is 0.336 e. The van der Waals surface area contributed by atoms with Gasteiger partial charge in [-0.1, -0.05) is 61.5 Å². The van der Waals surface area contributed by atoms with Crippen LogP contribution in [0.2, 0.25) is 0 Å². The number of hydrogen-bond donors (Lipinski definition) is 2. The van der Waals surface area contributed by atoms with E-state index in [2.05, 4.69) is 41.9 Å². The monoisotopic (exact) mass is 418 g/mol. The van der Waals surface area contributed by atoms with E-state index >= 15 is 0 Å². The third kappa shape index (κ3) is 9.11. The summed E-state index contributed by atoms with van der Waals surface area (Å²) in [6.45, 7) is 2.06. The van der Waals surface area contributed by atoms with Gasteiger partial charge in [0.15, 0.2) is 0 Å². The fourth-order valence-electron chi connectivity index (χ4n) is 2.97. The Kier molecular flexibility index (Phi) is 11.7. The van der Waals surface area contributed by atoms with Gasteiger partial charge in [0, 0.05) is 6.54 Å². The van der Waals surface area contributed by atoms with Crippen LogP contribution in [0.5, 0.6) is 0 Å². The molecule has 0 aromatic heterocycles. The van der Waals surface area contributed by atoms with Gasteiger partial charge in [0.2, 0.25) is 0 Å². The second kappa shape index (κ2) is 13.7. The Bertz CT molecular complexity index is 732. The highest BCUT2D eigenvalue weighted by Crippen LogP contribution is 2.11. The van der Waals surface area contributed by atoms with Gasteiger partial charge in [0.1, 0.15) is 0 Å². The average molecular weight is 419 g/mol. The number of benzene rings is 2. The van der Waals surface area contributed by atoms with Crippen molar-refractivity contribution in [3.63, 3.8) is 0 Å². The van der Waals surface area contributed by atoms with Gasteiger partial charge in [-0.3, -0.25) is 4.79 Å². The van der Waals surface area contributed by atoms with Crippen molar-refractivity contribution in [2.45, 2.75) is 45.4 Å². The van der Waals surface area contributed by atoms with Crippen molar-refractivity contribution in [1.29, 1.82) is 0 Å². The lowest BCUT2D eigenvalue weighted by atomic mass is 10.0. The van der Waals surface area contributed by atoms with Crippen molar-refractivity contribution >= 4 is 24.3 Å². The van der Waals surface area contributed by atoms with Crippen LogP contribution in [-0.4, -0.2) is 18.4 Å². The van der Waals surface area contributed by atoms with E-state index in [0.717, 1.165) is 31.2 Å². The van der Waals surface area contributed by atoms with Crippen LogP contribution in [0.15, 0.2) is 54.6 Å². The lowest BCUT2D eigenvalue weighted by Gasteiger charge is -2.11. The highest BCUT2D eigenvalue weighted by Gasteiger charge is 2.17. The summed E-state index contributed by atoms with van der Waals surface area (Å²) in [6.07, 6.45) is 5.15. The summed E-state index contributed by atoms with van der Waals surface area (Å²) in [7, 11) is 0. The molecule has 2 rings (SSSR count). The minimum atomic E-state index is -0.496. The minimum absolute atomic E-state index is 0. The molecule has 158 valence electrons. The molecule has 5 nitrogen and oxygen atoms in total. The van der Waals surface area contributed by atoms with E-state index in [1.54, 1.807) is 0 Å². The Morgan fingerprint density at radius 2 is 1.48 bits per heavy atom. The molecule has 2 aromatic rings. The van der Waals surface area contributed by atoms with Crippen LogP contribution in [0.3, 0.4) is 0 Å². The third-order valence-electron chi connectivity index (χ3n) is 4.79. The molecular formula is C23H31ClN2O3. The molecule has 0 saturated heterocycles. The molecule has 1 atom stereocenters. The summed E-state index contributed by atoms with van der Waals surface area (Å²) in [4.78, 5) is 28.5. The van der Waals surface area contributed by atoms with Gasteiger partial charge in [0.05, 0.1) is 12.3 Å². The van der Waals surface area contributed by atoms with Gasteiger partial charge < -0.3 is 10.6 Å². The second-order valence-corrected chi connectivity index (χ2v) is 6.97. The largest absolute Gasteiger partial charge is 0.340 e. The summed E-state index contributed by atoms with van der Waals surface area (Å²) in [5.41, 5.74) is 11.2. The molecule has 0 unspecified atom stereocenters. The number of amides is 1. The number of nitrogens with two attached hydrogens (primary N) is 1. The number of unbranched alkanes of at least 4 members (excludes halogenated alkanes) is 1. The van der Waals surface area contributed by atoms with E-state index in [1.807, 2.05) is 25.1 Å². The van der Waals surface area contributed by atoms with Crippen LogP contribution in [0.4, 0.5) is 0 Å². The van der Waals surface area contributed by atoms with Crippen molar-refractivity contribution in [3.05, 3.63) is 71.3 Å². The summed E-state index contributed by atoms with van der Waals surface area (Å²) in [6, 6.07) is 18.5. The SMILES string of the molecule is CC[C@@H](CN)C(=O)ONC(=O)Cc1ccc(CCCCc2ccccc2)cc1.Cl. The zero-order valence-electron chi connectivity index (χ0n) is 16.9. The molecule has 2 aromatic carbocycles. The molecule has 6 heteroatoms. The van der Waals surface area contributed by atoms with Crippen LogP contribution in [0.1, 0.15) is 42.9 Å². The standard InChI is InChI=1S/C23H30N2O3.ClH/c1-2-21(17-24)23(27)28-25-22(26)16-20-14-12-19(13-15-20)11-7-6-10-18-8-4-3-5-9-18;/h3-5,8-9,12-15,21H,2,6-7,10-11,16-17,24H2,1H3,(H,25,26);1H/t21-;/m0./s1. The van der Waals surface area contributed by atoms with Gasteiger partial charge in [-0.25, -0.2) is 4.79 Å². The third-order valence-corrected chi connectivity index (χ3v) is 4.79. The van der Waals surface area contributed by atoms with Crippen LogP contribution >= 0.6 is 12.4 Å². The quantitative estimate of drug-likeness (QED) is 0.454. The lowest BCUT2D eigenvalue weighted by molar-refractivity contribution is -0.161. The predicted molar refractivity (Wildman–Crippen MR) is 118 cm³/mol. The summed E-state index contributed by atoms with van der Waals surface area (Å²) in [5.74, 6) is -1.23. The van der Waals surface area contributed by atoms with E-state index < -0.39 is 5.97 Å². The normalized spacial score (nSPS) is 11.2. The number of rotatable bonds is 10. The fraction of sp³-hybridized carbons (Fsp3) is 0.391. The first-order valence-corrected chi connectivity index (χ1v) is 9.93. The van der Waals surface area contributed by atoms with E-state index in [1.165, 1.54) is 11.1 Å². The number of hydroxylamine groups is 1. The Labute approximate surface area is 179 Å². The van der Waals surface area contributed by atoms with Crippen molar-refractivity contribution in [2.24, 2.45) is 11.7 Å². The molecule has 0 aliphatic rings. The number of carbonyl (C=O) groups is 2. The molecule has 0 radical (unpaired) electrons. The first-order chi connectivity index (χ1) is 13.6. The number of hydrogen-bond acceptors (Lipinski definition) is 4. The fourth-order valence-corrected chi connectivity index (χ4v) is 2.97. The summed E-state index contributed by atoms with van der Waals surface area (Å²) >= 11 is 0. The number of aryl methyl sites for hydroxylation is 2. The van der Waals surface area contributed by atoms with Gasteiger partial charge in [-0.15, -0.1) is 12.4 Å². The van der Waals surface area contributed by atoms with E-state index in [0.29, 0.717) is 6.42 Å². The van der Waals surface area contributed by atoms with Crippen LogP contribution in [-0.2, 0) is 33.7 Å². The molecule has 3 N–H and O–H groups in total. The smallest absolute Gasteiger partial charge is 0.336 e. The summed E-state index contributed by atoms with van der Waals surface area (Å²) in [5, 5.41) is 0. The van der Waals surface area contributed by atoms with Crippen molar-refractivity contribution in [1.82, 2.24) is 5.48 Å². The molecule has 0 fully saturated rings. The molecule has 0 bridgehead atoms. The van der Waals surface area contributed by atoms with Crippen LogP contribution in [0, 0.1) is 5.92 Å². The summed E-state index contributed by atoms with van der Waals surface area (Å²) < 4.78 is 0.